The van der Waals surface area contributed by atoms with Crippen molar-refractivity contribution in [2.45, 2.75) is 51.5 Å². The summed E-state index contributed by atoms with van der Waals surface area (Å²) < 4.78 is 27.3. The second-order valence-corrected chi connectivity index (χ2v) is 6.79. The number of sulfonamides is 1. The summed E-state index contributed by atoms with van der Waals surface area (Å²) in [4.78, 5) is 0.307. The van der Waals surface area contributed by atoms with Crippen molar-refractivity contribution in [3.63, 3.8) is 0 Å². The second-order valence-electron chi connectivity index (χ2n) is 5.02. The van der Waals surface area contributed by atoms with Gasteiger partial charge in [-0.1, -0.05) is 39.7 Å². The monoisotopic (exact) mass is 298 g/mol. The molecule has 0 unspecified atom stereocenters. The maximum absolute atomic E-state index is 12.3. The molecule has 0 spiro atoms. The molecule has 0 aromatic heterocycles. The van der Waals surface area contributed by atoms with Crippen molar-refractivity contribution in [3.05, 3.63) is 29.3 Å². The molecule has 0 heterocycles. The van der Waals surface area contributed by atoms with Crippen molar-refractivity contribution in [3.8, 4) is 0 Å². The average molecular weight is 298 g/mol. The molecule has 0 aliphatic heterocycles. The van der Waals surface area contributed by atoms with Crippen molar-refractivity contribution in [1.29, 1.82) is 0 Å². The molecule has 0 radical (unpaired) electrons. The number of rotatable bonds is 8. The largest absolute Gasteiger partial charge is 0.326 e. The number of nitrogens with one attached hydrogen (secondary N) is 1. The first kappa shape index (κ1) is 17.1. The summed E-state index contributed by atoms with van der Waals surface area (Å²) in [6.45, 7) is 7.03. The van der Waals surface area contributed by atoms with E-state index in [1.165, 1.54) is 0 Å². The van der Waals surface area contributed by atoms with Crippen LogP contribution in [0.5, 0.6) is 0 Å². The van der Waals surface area contributed by atoms with Gasteiger partial charge in [0.15, 0.2) is 0 Å². The van der Waals surface area contributed by atoms with E-state index in [-0.39, 0.29) is 0 Å². The van der Waals surface area contributed by atoms with Gasteiger partial charge in [-0.3, -0.25) is 0 Å². The maximum atomic E-state index is 12.3. The molecule has 20 heavy (non-hydrogen) atoms. The SMILES string of the molecule is CCc1ccc(S(=O)(=O)NCC(CC)CC)cc1CN. The zero-order valence-corrected chi connectivity index (χ0v) is 13.5. The zero-order valence-electron chi connectivity index (χ0n) is 12.6. The molecule has 1 rings (SSSR count). The van der Waals surface area contributed by atoms with Gasteiger partial charge in [-0.25, -0.2) is 13.1 Å². The van der Waals surface area contributed by atoms with Crippen LogP contribution in [-0.2, 0) is 23.0 Å². The van der Waals surface area contributed by atoms with Gasteiger partial charge in [0, 0.05) is 13.1 Å². The minimum atomic E-state index is -3.44. The highest BCUT2D eigenvalue weighted by Gasteiger charge is 2.16. The van der Waals surface area contributed by atoms with Crippen LogP contribution < -0.4 is 10.5 Å². The average Bonchev–Trinajstić information content (AvgIpc) is 2.47. The van der Waals surface area contributed by atoms with Gasteiger partial charge in [-0.05, 0) is 35.6 Å². The summed E-state index contributed by atoms with van der Waals surface area (Å²) in [5.41, 5.74) is 7.69. The number of benzene rings is 1. The van der Waals surface area contributed by atoms with E-state index in [4.69, 9.17) is 5.73 Å². The molecule has 0 bridgehead atoms. The van der Waals surface area contributed by atoms with Crippen LogP contribution in [0.1, 0.15) is 44.7 Å². The Labute approximate surface area is 122 Å². The Morgan fingerprint density at radius 3 is 2.30 bits per heavy atom. The van der Waals surface area contributed by atoms with E-state index in [9.17, 15) is 8.42 Å². The number of hydrogen-bond acceptors (Lipinski definition) is 3. The van der Waals surface area contributed by atoms with E-state index in [2.05, 4.69) is 18.6 Å². The minimum Gasteiger partial charge on any atom is -0.326 e. The topological polar surface area (TPSA) is 72.2 Å². The fraction of sp³-hybridized carbons (Fsp3) is 0.600. The molecule has 0 amide bonds. The molecule has 5 heteroatoms. The fourth-order valence-electron chi connectivity index (χ4n) is 2.19. The molecule has 0 atom stereocenters. The predicted molar refractivity (Wildman–Crippen MR) is 83.0 cm³/mol. The Morgan fingerprint density at radius 2 is 1.80 bits per heavy atom. The van der Waals surface area contributed by atoms with Gasteiger partial charge in [0.2, 0.25) is 10.0 Å². The molecule has 1 aromatic rings. The van der Waals surface area contributed by atoms with E-state index in [0.717, 1.165) is 30.4 Å². The van der Waals surface area contributed by atoms with Crippen LogP contribution in [0.2, 0.25) is 0 Å². The summed E-state index contributed by atoms with van der Waals surface area (Å²) >= 11 is 0. The molecule has 4 nitrogen and oxygen atoms in total. The van der Waals surface area contributed by atoms with E-state index in [1.54, 1.807) is 12.1 Å². The van der Waals surface area contributed by atoms with Gasteiger partial charge >= 0.3 is 0 Å². The highest BCUT2D eigenvalue weighted by atomic mass is 32.2. The Kier molecular flexibility index (Phi) is 6.65. The highest BCUT2D eigenvalue weighted by Crippen LogP contribution is 2.17. The van der Waals surface area contributed by atoms with E-state index in [1.807, 2.05) is 13.0 Å². The van der Waals surface area contributed by atoms with Gasteiger partial charge in [-0.15, -0.1) is 0 Å². The molecular formula is C15H26N2O2S. The van der Waals surface area contributed by atoms with Crippen LogP contribution in [0.3, 0.4) is 0 Å². The third kappa shape index (κ3) is 4.30. The molecule has 0 aliphatic carbocycles. The lowest BCUT2D eigenvalue weighted by atomic mass is 10.0. The van der Waals surface area contributed by atoms with Gasteiger partial charge in [-0.2, -0.15) is 0 Å². The quantitative estimate of drug-likeness (QED) is 0.774. The van der Waals surface area contributed by atoms with Gasteiger partial charge in [0.05, 0.1) is 4.90 Å². The van der Waals surface area contributed by atoms with Crippen LogP contribution in [0.25, 0.3) is 0 Å². The fourth-order valence-corrected chi connectivity index (χ4v) is 3.36. The summed E-state index contributed by atoms with van der Waals surface area (Å²) in [5.74, 6) is 0.383. The molecule has 114 valence electrons. The number of aryl methyl sites for hydroxylation is 1. The van der Waals surface area contributed by atoms with Crippen LogP contribution in [-0.4, -0.2) is 15.0 Å². The second kappa shape index (κ2) is 7.76. The van der Waals surface area contributed by atoms with Crippen LogP contribution in [0.15, 0.2) is 23.1 Å². The predicted octanol–water partition coefficient (Wildman–Crippen LogP) is 2.42. The number of nitrogens with two attached hydrogens (primary N) is 1. The third-order valence-corrected chi connectivity index (χ3v) is 5.23. The van der Waals surface area contributed by atoms with Crippen molar-refractivity contribution in [2.24, 2.45) is 11.7 Å². The first-order chi connectivity index (χ1) is 9.48. The molecule has 0 saturated heterocycles. The lowest BCUT2D eigenvalue weighted by molar-refractivity contribution is 0.479. The van der Waals surface area contributed by atoms with Crippen molar-refractivity contribution in [2.75, 3.05) is 6.54 Å². The molecule has 0 fully saturated rings. The molecule has 1 aromatic carbocycles. The Morgan fingerprint density at radius 1 is 1.15 bits per heavy atom. The Balaban J connectivity index is 2.92. The summed E-state index contributed by atoms with van der Waals surface area (Å²) in [5, 5.41) is 0. The van der Waals surface area contributed by atoms with Crippen LogP contribution in [0.4, 0.5) is 0 Å². The third-order valence-electron chi connectivity index (χ3n) is 3.81. The van der Waals surface area contributed by atoms with E-state index < -0.39 is 10.0 Å². The van der Waals surface area contributed by atoms with Crippen molar-refractivity contribution < 1.29 is 8.42 Å². The van der Waals surface area contributed by atoms with Crippen molar-refractivity contribution >= 4 is 10.0 Å². The van der Waals surface area contributed by atoms with Crippen LogP contribution >= 0.6 is 0 Å². The number of hydrogen-bond donors (Lipinski definition) is 2. The minimum absolute atomic E-state index is 0.307. The smallest absolute Gasteiger partial charge is 0.240 e. The van der Waals surface area contributed by atoms with E-state index >= 15 is 0 Å². The molecule has 0 aliphatic rings. The Hall–Kier alpha value is -0.910. The first-order valence-corrected chi connectivity index (χ1v) is 8.78. The molecular weight excluding hydrogens is 272 g/mol. The molecule has 3 N–H and O–H groups in total. The lowest BCUT2D eigenvalue weighted by Crippen LogP contribution is -2.29. The normalized spacial score (nSPS) is 12.1. The maximum Gasteiger partial charge on any atom is 0.240 e. The summed E-state index contributed by atoms with van der Waals surface area (Å²) in [7, 11) is -3.44. The lowest BCUT2D eigenvalue weighted by Gasteiger charge is -2.14. The zero-order chi connectivity index (χ0) is 15.2. The summed E-state index contributed by atoms with van der Waals surface area (Å²) in [6, 6.07) is 5.20. The molecule has 0 saturated carbocycles. The standard InChI is InChI=1S/C15H26N2O2S/c1-4-12(5-2)11-17-20(18,19)15-8-7-13(6-3)14(9-15)10-16/h7-9,12,17H,4-6,10-11,16H2,1-3H3. The van der Waals surface area contributed by atoms with Gasteiger partial charge < -0.3 is 5.73 Å². The van der Waals surface area contributed by atoms with E-state index in [0.29, 0.717) is 23.9 Å². The van der Waals surface area contributed by atoms with Crippen molar-refractivity contribution in [1.82, 2.24) is 4.72 Å². The highest BCUT2D eigenvalue weighted by molar-refractivity contribution is 7.89. The summed E-state index contributed by atoms with van der Waals surface area (Å²) in [6.07, 6.45) is 2.80. The van der Waals surface area contributed by atoms with Crippen LogP contribution in [0, 0.1) is 5.92 Å². The van der Waals surface area contributed by atoms with Gasteiger partial charge in [0.25, 0.3) is 0 Å². The van der Waals surface area contributed by atoms with Gasteiger partial charge in [0.1, 0.15) is 0 Å². The Bertz CT molecular complexity index is 523. The first-order valence-electron chi connectivity index (χ1n) is 7.29.